The Hall–Kier alpha value is -1.23. The molecule has 5 heteroatoms. The van der Waals surface area contributed by atoms with Gasteiger partial charge in [-0.15, -0.1) is 0 Å². The molecule has 0 aliphatic heterocycles. The molecule has 1 amide bonds. The molecule has 0 aliphatic carbocycles. The topological polar surface area (TPSA) is 47.6 Å². The van der Waals surface area contributed by atoms with E-state index >= 15 is 0 Å². The summed E-state index contributed by atoms with van der Waals surface area (Å²) in [6.07, 6.45) is 0. The molecule has 0 heterocycles. The van der Waals surface area contributed by atoms with Crippen molar-refractivity contribution >= 4 is 21.8 Å². The summed E-state index contributed by atoms with van der Waals surface area (Å²) in [5.41, 5.74) is 0.482. The van der Waals surface area contributed by atoms with E-state index in [2.05, 4.69) is 28.2 Å². The molecule has 0 bridgehead atoms. The van der Waals surface area contributed by atoms with E-state index in [1.807, 2.05) is 6.92 Å². The summed E-state index contributed by atoms with van der Waals surface area (Å²) in [7, 11) is 3.08. The van der Waals surface area contributed by atoms with E-state index in [0.717, 1.165) is 5.33 Å². The number of methoxy groups -OCH3 is 2. The molecule has 19 heavy (non-hydrogen) atoms. The number of carbonyl (C=O) groups is 1. The van der Waals surface area contributed by atoms with E-state index in [9.17, 15) is 4.79 Å². The molecule has 2 unspecified atom stereocenters. The number of alkyl halides is 1. The van der Waals surface area contributed by atoms with Gasteiger partial charge in [0.25, 0.3) is 5.91 Å². The van der Waals surface area contributed by atoms with E-state index in [1.165, 1.54) is 7.11 Å². The third-order valence-corrected chi connectivity index (χ3v) is 4.12. The monoisotopic (exact) mass is 329 g/mol. The fraction of sp³-hybridized carbons (Fsp3) is 0.500. The molecule has 1 aromatic carbocycles. The number of benzene rings is 1. The number of rotatable bonds is 6. The van der Waals surface area contributed by atoms with Crippen LogP contribution in [0.15, 0.2) is 18.2 Å². The van der Waals surface area contributed by atoms with Gasteiger partial charge in [-0.2, -0.15) is 0 Å². The highest BCUT2D eigenvalue weighted by Crippen LogP contribution is 2.30. The van der Waals surface area contributed by atoms with Crippen LogP contribution in [-0.4, -0.2) is 31.5 Å². The summed E-state index contributed by atoms with van der Waals surface area (Å²) in [5.74, 6) is 1.20. The van der Waals surface area contributed by atoms with Crippen LogP contribution in [0.3, 0.4) is 0 Å². The van der Waals surface area contributed by atoms with Crippen molar-refractivity contribution in [1.82, 2.24) is 5.32 Å². The standard InChI is InChI=1S/C14H20BrNO3/c1-9(8-15)10(2)16-14(17)11-6-5-7-12(18-3)13(11)19-4/h5-7,9-10H,8H2,1-4H3,(H,16,17). The third kappa shape index (κ3) is 3.86. The third-order valence-electron chi connectivity index (χ3n) is 3.10. The molecule has 0 spiro atoms. The molecule has 4 nitrogen and oxygen atoms in total. The van der Waals surface area contributed by atoms with Crippen molar-refractivity contribution in [1.29, 1.82) is 0 Å². The normalized spacial score (nSPS) is 13.5. The van der Waals surface area contributed by atoms with Gasteiger partial charge in [-0.1, -0.05) is 28.9 Å². The fourth-order valence-electron chi connectivity index (χ4n) is 1.63. The Morgan fingerprint density at radius 2 is 2.00 bits per heavy atom. The first-order chi connectivity index (χ1) is 9.04. The molecule has 1 aromatic rings. The largest absolute Gasteiger partial charge is 0.493 e. The van der Waals surface area contributed by atoms with Gasteiger partial charge >= 0.3 is 0 Å². The number of hydrogen-bond acceptors (Lipinski definition) is 3. The molecule has 1 N–H and O–H groups in total. The molecular formula is C14H20BrNO3. The molecule has 0 saturated carbocycles. The zero-order chi connectivity index (χ0) is 14.4. The second-order valence-electron chi connectivity index (χ2n) is 4.43. The Morgan fingerprint density at radius 3 is 2.53 bits per heavy atom. The summed E-state index contributed by atoms with van der Waals surface area (Å²) in [4.78, 5) is 12.3. The lowest BCUT2D eigenvalue weighted by molar-refractivity contribution is 0.0927. The van der Waals surface area contributed by atoms with Crippen molar-refractivity contribution in [3.8, 4) is 11.5 Å². The van der Waals surface area contributed by atoms with E-state index in [1.54, 1.807) is 25.3 Å². The Balaban J connectivity index is 2.94. The Labute approximate surface area is 122 Å². The zero-order valence-corrected chi connectivity index (χ0v) is 13.3. The molecule has 0 saturated heterocycles. The minimum absolute atomic E-state index is 0.0720. The summed E-state index contributed by atoms with van der Waals surface area (Å²) < 4.78 is 10.4. The van der Waals surface area contributed by atoms with Crippen LogP contribution in [0.2, 0.25) is 0 Å². The van der Waals surface area contributed by atoms with Gasteiger partial charge in [-0.25, -0.2) is 0 Å². The van der Waals surface area contributed by atoms with Crippen molar-refractivity contribution in [2.45, 2.75) is 19.9 Å². The van der Waals surface area contributed by atoms with Crippen molar-refractivity contribution in [3.63, 3.8) is 0 Å². The maximum atomic E-state index is 12.3. The first-order valence-electron chi connectivity index (χ1n) is 6.13. The van der Waals surface area contributed by atoms with E-state index in [0.29, 0.717) is 23.0 Å². The summed E-state index contributed by atoms with van der Waals surface area (Å²) >= 11 is 3.42. The van der Waals surface area contributed by atoms with E-state index in [4.69, 9.17) is 9.47 Å². The SMILES string of the molecule is COc1cccc(C(=O)NC(C)C(C)CBr)c1OC. The molecule has 0 radical (unpaired) electrons. The average Bonchev–Trinajstić information content (AvgIpc) is 2.44. The van der Waals surface area contributed by atoms with Gasteiger partial charge in [0.05, 0.1) is 19.8 Å². The molecule has 0 fully saturated rings. The van der Waals surface area contributed by atoms with Crippen LogP contribution in [-0.2, 0) is 0 Å². The Kier molecular flexibility index (Phi) is 6.15. The summed E-state index contributed by atoms with van der Waals surface area (Å²) in [6.45, 7) is 4.05. The number of nitrogens with one attached hydrogen (secondary N) is 1. The summed E-state index contributed by atoms with van der Waals surface area (Å²) in [5, 5.41) is 3.81. The van der Waals surface area contributed by atoms with E-state index in [-0.39, 0.29) is 11.9 Å². The highest BCUT2D eigenvalue weighted by Gasteiger charge is 2.19. The number of amides is 1. The van der Waals surface area contributed by atoms with Gasteiger partial charge in [0.2, 0.25) is 0 Å². The fourth-order valence-corrected chi connectivity index (χ4v) is 2.19. The van der Waals surface area contributed by atoms with Crippen LogP contribution in [0.4, 0.5) is 0 Å². The zero-order valence-electron chi connectivity index (χ0n) is 11.7. The minimum atomic E-state index is -0.156. The van der Waals surface area contributed by atoms with Crippen LogP contribution >= 0.6 is 15.9 Å². The lowest BCUT2D eigenvalue weighted by Crippen LogP contribution is -2.37. The van der Waals surface area contributed by atoms with Crippen molar-refractivity contribution in [2.75, 3.05) is 19.5 Å². The van der Waals surface area contributed by atoms with Gasteiger partial charge in [-0.3, -0.25) is 4.79 Å². The quantitative estimate of drug-likeness (QED) is 0.816. The molecule has 0 aliphatic rings. The van der Waals surface area contributed by atoms with Gasteiger partial charge < -0.3 is 14.8 Å². The second-order valence-corrected chi connectivity index (χ2v) is 5.08. The van der Waals surface area contributed by atoms with Crippen molar-refractivity contribution in [2.24, 2.45) is 5.92 Å². The van der Waals surface area contributed by atoms with Crippen LogP contribution in [0, 0.1) is 5.92 Å². The molecule has 0 aromatic heterocycles. The first kappa shape index (κ1) is 15.8. The smallest absolute Gasteiger partial charge is 0.255 e. The lowest BCUT2D eigenvalue weighted by Gasteiger charge is -2.20. The number of ether oxygens (including phenoxy) is 2. The molecule has 106 valence electrons. The van der Waals surface area contributed by atoms with Crippen LogP contribution < -0.4 is 14.8 Å². The molecule has 1 rings (SSSR count). The number of carbonyl (C=O) groups excluding carboxylic acids is 1. The minimum Gasteiger partial charge on any atom is -0.493 e. The molecule has 2 atom stereocenters. The Bertz CT molecular complexity index is 437. The van der Waals surface area contributed by atoms with E-state index < -0.39 is 0 Å². The highest BCUT2D eigenvalue weighted by atomic mass is 79.9. The predicted octanol–water partition coefficient (Wildman–Crippen LogP) is 2.85. The van der Waals surface area contributed by atoms with Crippen LogP contribution in [0.1, 0.15) is 24.2 Å². The van der Waals surface area contributed by atoms with Crippen molar-refractivity contribution in [3.05, 3.63) is 23.8 Å². The average molecular weight is 330 g/mol. The van der Waals surface area contributed by atoms with Crippen molar-refractivity contribution < 1.29 is 14.3 Å². The number of halogens is 1. The van der Waals surface area contributed by atoms with Crippen LogP contribution in [0.5, 0.6) is 11.5 Å². The lowest BCUT2D eigenvalue weighted by atomic mass is 10.1. The van der Waals surface area contributed by atoms with Gasteiger partial charge in [-0.05, 0) is 25.0 Å². The van der Waals surface area contributed by atoms with Gasteiger partial charge in [0.15, 0.2) is 11.5 Å². The van der Waals surface area contributed by atoms with Gasteiger partial charge in [0, 0.05) is 11.4 Å². The predicted molar refractivity (Wildman–Crippen MR) is 79.4 cm³/mol. The van der Waals surface area contributed by atoms with Crippen LogP contribution in [0.25, 0.3) is 0 Å². The van der Waals surface area contributed by atoms with Gasteiger partial charge in [0.1, 0.15) is 0 Å². The maximum Gasteiger partial charge on any atom is 0.255 e. The summed E-state index contributed by atoms with van der Waals surface area (Å²) in [6, 6.07) is 5.33. The second kappa shape index (κ2) is 7.38. The maximum absolute atomic E-state index is 12.3. The Morgan fingerprint density at radius 1 is 1.32 bits per heavy atom. The first-order valence-corrected chi connectivity index (χ1v) is 7.25. The highest BCUT2D eigenvalue weighted by molar-refractivity contribution is 9.09. The number of hydrogen-bond donors (Lipinski definition) is 1. The number of para-hydroxylation sites is 1. The molecular weight excluding hydrogens is 310 g/mol.